The fourth-order valence-electron chi connectivity index (χ4n) is 4.46. The first-order valence-corrected chi connectivity index (χ1v) is 11.4. The molecule has 0 radical (unpaired) electrons. The van der Waals surface area contributed by atoms with Crippen molar-refractivity contribution in [2.45, 2.75) is 50.2 Å². The van der Waals surface area contributed by atoms with E-state index in [2.05, 4.69) is 10.6 Å². The Morgan fingerprint density at radius 2 is 2.26 bits per heavy atom. The maximum atomic E-state index is 14.2. The van der Waals surface area contributed by atoms with E-state index < -0.39 is 23.3 Å². The number of nitrogens with zero attached hydrogens (tertiary/aromatic N) is 1. The smallest absolute Gasteiger partial charge is 0.250 e. The van der Waals surface area contributed by atoms with E-state index in [4.69, 9.17) is 10.1 Å². The van der Waals surface area contributed by atoms with Gasteiger partial charge in [0.05, 0.1) is 18.3 Å². The van der Waals surface area contributed by atoms with Crippen molar-refractivity contribution >= 4 is 12.1 Å². The number of amides is 1. The molecule has 3 fully saturated rings. The van der Waals surface area contributed by atoms with Gasteiger partial charge in [-0.2, -0.15) is 0 Å². The number of piperazine rings is 1. The quantitative estimate of drug-likeness (QED) is 0.265. The zero-order chi connectivity index (χ0) is 21.8. The number of halogens is 2. The van der Waals surface area contributed by atoms with Crippen molar-refractivity contribution in [3.8, 4) is 0 Å². The minimum absolute atomic E-state index is 0.0222. The maximum absolute atomic E-state index is 14.2. The minimum atomic E-state index is -1.67. The van der Waals surface area contributed by atoms with Gasteiger partial charge in [0.15, 0.2) is 0 Å². The van der Waals surface area contributed by atoms with Gasteiger partial charge in [0.25, 0.3) is 0 Å². The molecular formula is C23H32F2N4O2. The normalized spacial score (nSPS) is 30.3. The van der Waals surface area contributed by atoms with Gasteiger partial charge < -0.3 is 25.7 Å². The molecule has 0 aromatic rings. The van der Waals surface area contributed by atoms with Gasteiger partial charge in [-0.1, -0.05) is 25.7 Å². The van der Waals surface area contributed by atoms with Crippen LogP contribution >= 0.6 is 0 Å². The van der Waals surface area contributed by atoms with Gasteiger partial charge >= 0.3 is 0 Å². The van der Waals surface area contributed by atoms with Crippen molar-refractivity contribution in [2.24, 2.45) is 11.8 Å². The molecule has 170 valence electrons. The number of nitrogens with one attached hydrogen (secondary N) is 3. The topological polar surface area (TPSA) is 77.5 Å². The van der Waals surface area contributed by atoms with Crippen LogP contribution in [0.25, 0.3) is 0 Å². The SMILES string of the molecule is N=C/C(=C\C(=O)NC1=CC(F)=CC2(F)CC12)N1CCNCC1COCCCCC1CC1. The van der Waals surface area contributed by atoms with E-state index in [0.717, 1.165) is 37.8 Å². The van der Waals surface area contributed by atoms with Crippen LogP contribution in [0.4, 0.5) is 8.78 Å². The van der Waals surface area contributed by atoms with E-state index in [-0.39, 0.29) is 18.2 Å². The summed E-state index contributed by atoms with van der Waals surface area (Å²) in [6.45, 7) is 3.36. The van der Waals surface area contributed by atoms with Gasteiger partial charge in [0, 0.05) is 50.1 Å². The van der Waals surface area contributed by atoms with Gasteiger partial charge in [-0.15, -0.1) is 0 Å². The molecule has 0 spiro atoms. The Kier molecular flexibility index (Phi) is 6.86. The molecule has 3 atom stereocenters. The highest BCUT2D eigenvalue weighted by Crippen LogP contribution is 2.55. The second-order valence-electron chi connectivity index (χ2n) is 9.08. The number of hydrogen-bond donors (Lipinski definition) is 3. The monoisotopic (exact) mass is 434 g/mol. The molecule has 0 aromatic carbocycles. The van der Waals surface area contributed by atoms with Crippen LogP contribution in [0, 0.1) is 17.2 Å². The standard InChI is InChI=1S/C23H32F2N4O2/c24-17-9-21(20-12-23(20,25)11-17)28-22(30)10-18(13-26)29-7-6-27-14-19(29)15-31-8-2-1-3-16-4-5-16/h9-11,13,16,19-20,26-27H,1-8,12,14-15H2,(H,28,30)/b18-10+,26-13?. The fourth-order valence-corrected chi connectivity index (χ4v) is 4.46. The highest BCUT2D eigenvalue weighted by molar-refractivity contribution is 5.94. The molecule has 2 saturated carbocycles. The second-order valence-corrected chi connectivity index (χ2v) is 9.08. The van der Waals surface area contributed by atoms with Crippen molar-refractivity contribution in [1.29, 1.82) is 5.41 Å². The van der Waals surface area contributed by atoms with Gasteiger partial charge in [-0.3, -0.25) is 4.79 Å². The predicted molar refractivity (Wildman–Crippen MR) is 115 cm³/mol. The minimum Gasteiger partial charge on any atom is -0.379 e. The molecule has 0 bridgehead atoms. The number of carbonyl (C=O) groups excluding carboxylic acids is 1. The van der Waals surface area contributed by atoms with Crippen LogP contribution in [-0.2, 0) is 9.53 Å². The Morgan fingerprint density at radius 3 is 3.03 bits per heavy atom. The van der Waals surface area contributed by atoms with Crippen LogP contribution in [0.5, 0.6) is 0 Å². The first-order chi connectivity index (χ1) is 15.0. The van der Waals surface area contributed by atoms with Gasteiger partial charge in [-0.05, 0) is 30.9 Å². The molecule has 6 nitrogen and oxygen atoms in total. The molecule has 1 aliphatic heterocycles. The van der Waals surface area contributed by atoms with Crippen LogP contribution in [0.3, 0.4) is 0 Å². The van der Waals surface area contributed by atoms with E-state index in [1.54, 1.807) is 0 Å². The number of ether oxygens (including phenoxy) is 1. The molecular weight excluding hydrogens is 402 g/mol. The van der Waals surface area contributed by atoms with E-state index >= 15 is 0 Å². The summed E-state index contributed by atoms with van der Waals surface area (Å²) in [6, 6.07) is 0.0222. The van der Waals surface area contributed by atoms with Crippen LogP contribution < -0.4 is 10.6 Å². The first kappa shape index (κ1) is 22.1. The molecule has 1 saturated heterocycles. The summed E-state index contributed by atoms with van der Waals surface area (Å²) < 4.78 is 33.7. The third-order valence-electron chi connectivity index (χ3n) is 6.52. The molecule has 1 amide bonds. The van der Waals surface area contributed by atoms with Crippen molar-refractivity contribution in [3.63, 3.8) is 0 Å². The van der Waals surface area contributed by atoms with Crippen LogP contribution in [0.1, 0.15) is 38.5 Å². The molecule has 3 unspecified atom stereocenters. The van der Waals surface area contributed by atoms with Crippen molar-refractivity contribution < 1.29 is 18.3 Å². The maximum Gasteiger partial charge on any atom is 0.250 e. The number of carbonyl (C=O) groups is 1. The van der Waals surface area contributed by atoms with Crippen LogP contribution in [0.15, 0.2) is 35.4 Å². The summed E-state index contributed by atoms with van der Waals surface area (Å²) in [6.07, 6.45) is 11.2. The lowest BCUT2D eigenvalue weighted by Crippen LogP contribution is -2.53. The van der Waals surface area contributed by atoms with Crippen molar-refractivity contribution in [1.82, 2.24) is 15.5 Å². The number of unbranched alkanes of at least 4 members (excludes halogenated alkanes) is 1. The molecule has 3 aliphatic carbocycles. The van der Waals surface area contributed by atoms with Crippen molar-refractivity contribution in [2.75, 3.05) is 32.8 Å². The van der Waals surface area contributed by atoms with E-state index in [1.807, 2.05) is 4.90 Å². The third-order valence-corrected chi connectivity index (χ3v) is 6.52. The number of rotatable bonds is 11. The summed E-state index contributed by atoms with van der Waals surface area (Å²) in [7, 11) is 0. The van der Waals surface area contributed by atoms with Gasteiger partial charge in [0.2, 0.25) is 5.91 Å². The van der Waals surface area contributed by atoms with Crippen LogP contribution in [-0.4, -0.2) is 61.6 Å². The molecule has 1 heterocycles. The average Bonchev–Trinajstić information content (AvgIpc) is 3.65. The zero-order valence-electron chi connectivity index (χ0n) is 17.8. The number of allylic oxidation sites excluding steroid dienone is 5. The number of hydrogen-bond acceptors (Lipinski definition) is 5. The largest absolute Gasteiger partial charge is 0.379 e. The van der Waals surface area contributed by atoms with Gasteiger partial charge in [-0.25, -0.2) is 8.78 Å². The Bertz CT molecular complexity index is 792. The predicted octanol–water partition coefficient (Wildman–Crippen LogP) is 2.99. The molecule has 8 heteroatoms. The molecule has 4 aliphatic rings. The van der Waals surface area contributed by atoms with Crippen LogP contribution in [0.2, 0.25) is 0 Å². The number of alkyl halides is 1. The van der Waals surface area contributed by atoms with E-state index in [9.17, 15) is 13.6 Å². The lowest BCUT2D eigenvalue weighted by atomic mass is 10.1. The zero-order valence-corrected chi connectivity index (χ0v) is 17.8. The second kappa shape index (κ2) is 9.61. The highest BCUT2D eigenvalue weighted by Gasteiger charge is 2.58. The third kappa shape index (κ3) is 5.80. The van der Waals surface area contributed by atoms with E-state index in [0.29, 0.717) is 25.4 Å². The fraction of sp³-hybridized carbons (Fsp3) is 0.652. The molecule has 0 aromatic heterocycles. The molecule has 3 N–H and O–H groups in total. The van der Waals surface area contributed by atoms with Gasteiger partial charge in [0.1, 0.15) is 11.5 Å². The Labute approximate surface area is 182 Å². The Hall–Kier alpha value is -2.06. The Balaban J connectivity index is 1.30. The number of fused-ring (bicyclic) bond motifs is 1. The molecule has 4 rings (SSSR count). The summed E-state index contributed by atoms with van der Waals surface area (Å²) in [5.74, 6) is -0.693. The van der Waals surface area contributed by atoms with Crippen molar-refractivity contribution in [3.05, 3.63) is 35.4 Å². The summed E-state index contributed by atoms with van der Waals surface area (Å²) in [4.78, 5) is 14.5. The summed E-state index contributed by atoms with van der Waals surface area (Å²) >= 11 is 0. The Morgan fingerprint density at radius 1 is 1.42 bits per heavy atom. The summed E-state index contributed by atoms with van der Waals surface area (Å²) in [5.41, 5.74) is -0.939. The van der Waals surface area contributed by atoms with E-state index in [1.165, 1.54) is 37.8 Å². The molecule has 31 heavy (non-hydrogen) atoms. The first-order valence-electron chi connectivity index (χ1n) is 11.4. The average molecular weight is 435 g/mol. The lowest BCUT2D eigenvalue weighted by molar-refractivity contribution is -0.116. The lowest BCUT2D eigenvalue weighted by Gasteiger charge is -2.38. The summed E-state index contributed by atoms with van der Waals surface area (Å²) in [5, 5.41) is 13.8. The highest BCUT2D eigenvalue weighted by atomic mass is 19.1.